The maximum atomic E-state index is 13.4. The monoisotopic (exact) mass is 476 g/mol. The maximum absolute atomic E-state index is 13.4. The quantitative estimate of drug-likeness (QED) is 0.393. The summed E-state index contributed by atoms with van der Waals surface area (Å²) >= 11 is 0. The molecule has 8 heteroatoms. The third-order valence-electron chi connectivity index (χ3n) is 6.29. The van der Waals surface area contributed by atoms with E-state index in [1.165, 1.54) is 12.1 Å². The van der Waals surface area contributed by atoms with Crippen LogP contribution in [0, 0.1) is 5.82 Å². The number of methoxy groups -OCH3 is 1. The van der Waals surface area contributed by atoms with Crippen LogP contribution in [0.1, 0.15) is 16.7 Å². The van der Waals surface area contributed by atoms with Gasteiger partial charge in [0.2, 0.25) is 5.95 Å². The highest BCUT2D eigenvalue weighted by Gasteiger charge is 2.17. The number of fused-ring (bicyclic) bond motifs is 1. The van der Waals surface area contributed by atoms with E-state index < -0.39 is 0 Å². The van der Waals surface area contributed by atoms with Gasteiger partial charge < -0.3 is 24.5 Å². The highest BCUT2D eigenvalue weighted by molar-refractivity contribution is 5.78. The predicted molar refractivity (Wildman–Crippen MR) is 133 cm³/mol. The second-order valence-corrected chi connectivity index (χ2v) is 8.68. The van der Waals surface area contributed by atoms with Gasteiger partial charge in [0.25, 0.3) is 0 Å². The number of anilines is 1. The summed E-state index contributed by atoms with van der Waals surface area (Å²) in [5.41, 5.74) is 4.66. The Morgan fingerprint density at radius 3 is 2.57 bits per heavy atom. The number of para-hydroxylation sites is 2. The van der Waals surface area contributed by atoms with Crippen molar-refractivity contribution in [2.45, 2.75) is 19.6 Å². The lowest BCUT2D eigenvalue weighted by Gasteiger charge is -2.27. The Kier molecular flexibility index (Phi) is 6.83. The lowest BCUT2D eigenvalue weighted by Crippen LogP contribution is -2.35. The molecule has 0 amide bonds. The molecule has 1 aromatic heterocycles. The zero-order valence-electron chi connectivity index (χ0n) is 19.7. The molecule has 0 unspecified atom stereocenters. The lowest BCUT2D eigenvalue weighted by molar-refractivity contribution is 0.0338. The van der Waals surface area contributed by atoms with Gasteiger partial charge in [-0.25, -0.2) is 9.37 Å². The molecule has 1 saturated heterocycles. The number of benzene rings is 3. The standard InChI is InChI=1S/C27H29FN4O3/c1-34-25-15-20(14-21(26(25)33)18-31-10-12-35-13-11-31)16-29-27-30-23-4-2-3-5-24(23)32(27)17-19-6-8-22(28)9-7-19/h2-9,14-15,33H,10-13,16-18H2,1H3,(H,29,30). The van der Waals surface area contributed by atoms with Crippen LogP contribution < -0.4 is 10.1 Å². The first-order valence-electron chi connectivity index (χ1n) is 11.7. The van der Waals surface area contributed by atoms with E-state index >= 15 is 0 Å². The summed E-state index contributed by atoms with van der Waals surface area (Å²) in [5.74, 6) is 1.09. The van der Waals surface area contributed by atoms with E-state index in [-0.39, 0.29) is 11.6 Å². The molecule has 1 aliphatic heterocycles. The molecule has 0 spiro atoms. The van der Waals surface area contributed by atoms with Gasteiger partial charge in [-0.15, -0.1) is 0 Å². The van der Waals surface area contributed by atoms with Crippen molar-refractivity contribution >= 4 is 17.0 Å². The summed E-state index contributed by atoms with van der Waals surface area (Å²) < 4.78 is 26.4. The predicted octanol–water partition coefficient (Wildman–Crippen LogP) is 4.38. The third-order valence-corrected chi connectivity index (χ3v) is 6.29. The fourth-order valence-corrected chi connectivity index (χ4v) is 4.43. The molecule has 0 atom stereocenters. The van der Waals surface area contributed by atoms with Gasteiger partial charge in [0.1, 0.15) is 5.82 Å². The molecule has 0 radical (unpaired) electrons. The van der Waals surface area contributed by atoms with E-state index in [9.17, 15) is 9.50 Å². The van der Waals surface area contributed by atoms with Crippen molar-refractivity contribution < 1.29 is 19.0 Å². The lowest BCUT2D eigenvalue weighted by atomic mass is 10.1. The van der Waals surface area contributed by atoms with Crippen molar-refractivity contribution in [3.8, 4) is 11.5 Å². The smallest absolute Gasteiger partial charge is 0.204 e. The molecule has 3 aromatic carbocycles. The summed E-state index contributed by atoms with van der Waals surface area (Å²) in [6.45, 7) is 4.74. The summed E-state index contributed by atoms with van der Waals surface area (Å²) in [6.07, 6.45) is 0. The van der Waals surface area contributed by atoms with Crippen LogP contribution in [-0.4, -0.2) is 53.0 Å². The van der Waals surface area contributed by atoms with E-state index in [0.717, 1.165) is 46.8 Å². The van der Waals surface area contributed by atoms with Crippen LogP contribution in [0.2, 0.25) is 0 Å². The number of aromatic nitrogens is 2. The topological polar surface area (TPSA) is 71.8 Å². The fourth-order valence-electron chi connectivity index (χ4n) is 4.43. The number of nitrogens with zero attached hydrogens (tertiary/aromatic N) is 3. The first kappa shape index (κ1) is 23.1. The number of imidazole rings is 1. The number of halogens is 1. The van der Waals surface area contributed by atoms with Crippen molar-refractivity contribution in [2.75, 3.05) is 38.7 Å². The minimum atomic E-state index is -0.253. The maximum Gasteiger partial charge on any atom is 0.204 e. The van der Waals surface area contributed by atoms with Crippen LogP contribution in [-0.2, 0) is 24.4 Å². The number of phenolic OH excluding ortho intramolecular Hbond substituents is 1. The van der Waals surface area contributed by atoms with E-state index in [1.54, 1.807) is 19.2 Å². The van der Waals surface area contributed by atoms with Gasteiger partial charge in [0.05, 0.1) is 37.9 Å². The fraction of sp³-hybridized carbons (Fsp3) is 0.296. The molecule has 0 aliphatic carbocycles. The Morgan fingerprint density at radius 1 is 1.03 bits per heavy atom. The first-order chi connectivity index (χ1) is 17.1. The van der Waals surface area contributed by atoms with Crippen molar-refractivity contribution in [3.05, 3.63) is 83.2 Å². The molecule has 1 fully saturated rings. The van der Waals surface area contributed by atoms with E-state index in [2.05, 4.69) is 14.8 Å². The Hall–Kier alpha value is -3.62. The molecule has 4 aromatic rings. The highest BCUT2D eigenvalue weighted by atomic mass is 19.1. The van der Waals surface area contributed by atoms with Crippen molar-refractivity contribution in [1.82, 2.24) is 14.5 Å². The van der Waals surface area contributed by atoms with E-state index in [0.29, 0.717) is 38.6 Å². The number of hydrogen-bond acceptors (Lipinski definition) is 6. The molecule has 2 heterocycles. The normalized spacial score (nSPS) is 14.3. The first-order valence-corrected chi connectivity index (χ1v) is 11.7. The van der Waals surface area contributed by atoms with Gasteiger partial charge in [-0.3, -0.25) is 4.90 Å². The molecule has 0 saturated carbocycles. The van der Waals surface area contributed by atoms with Crippen LogP contribution >= 0.6 is 0 Å². The molecule has 35 heavy (non-hydrogen) atoms. The third kappa shape index (κ3) is 5.23. The second-order valence-electron chi connectivity index (χ2n) is 8.68. The molecule has 0 bridgehead atoms. The van der Waals surface area contributed by atoms with Crippen LogP contribution in [0.4, 0.5) is 10.3 Å². The van der Waals surface area contributed by atoms with E-state index in [1.807, 2.05) is 36.4 Å². The number of nitrogens with one attached hydrogen (secondary N) is 1. The zero-order chi connectivity index (χ0) is 24.2. The average Bonchev–Trinajstić information content (AvgIpc) is 3.23. The molecular weight excluding hydrogens is 447 g/mol. The SMILES string of the molecule is COc1cc(CNc2nc3ccccc3n2Cc2ccc(F)cc2)cc(CN2CCOCC2)c1O. The number of aromatic hydroxyl groups is 1. The molecule has 7 nitrogen and oxygen atoms in total. The summed E-state index contributed by atoms with van der Waals surface area (Å²) in [6, 6.07) is 18.3. The van der Waals surface area contributed by atoms with Crippen molar-refractivity contribution in [3.63, 3.8) is 0 Å². The summed E-state index contributed by atoms with van der Waals surface area (Å²) in [7, 11) is 1.56. The molecule has 2 N–H and O–H groups in total. The molecular formula is C27H29FN4O3. The van der Waals surface area contributed by atoms with Gasteiger partial charge >= 0.3 is 0 Å². The molecule has 182 valence electrons. The van der Waals surface area contributed by atoms with Gasteiger partial charge in [0, 0.05) is 31.7 Å². The van der Waals surface area contributed by atoms with Crippen LogP contribution in [0.15, 0.2) is 60.7 Å². The molecule has 1 aliphatic rings. The van der Waals surface area contributed by atoms with E-state index in [4.69, 9.17) is 14.5 Å². The number of phenols is 1. The Balaban J connectivity index is 1.40. The minimum Gasteiger partial charge on any atom is -0.504 e. The van der Waals surface area contributed by atoms with Gasteiger partial charge in [0.15, 0.2) is 11.5 Å². The Bertz CT molecular complexity index is 1300. The van der Waals surface area contributed by atoms with Crippen LogP contribution in [0.25, 0.3) is 11.0 Å². The van der Waals surface area contributed by atoms with Crippen LogP contribution in [0.5, 0.6) is 11.5 Å². The zero-order valence-corrected chi connectivity index (χ0v) is 19.7. The summed E-state index contributed by atoms with van der Waals surface area (Å²) in [5, 5.41) is 14.2. The van der Waals surface area contributed by atoms with Crippen molar-refractivity contribution in [2.24, 2.45) is 0 Å². The number of ether oxygens (including phenoxy) is 2. The van der Waals surface area contributed by atoms with Gasteiger partial charge in [-0.1, -0.05) is 24.3 Å². The number of morpholine rings is 1. The largest absolute Gasteiger partial charge is 0.504 e. The Labute approximate surface area is 203 Å². The van der Waals surface area contributed by atoms with Gasteiger partial charge in [-0.05, 0) is 47.5 Å². The van der Waals surface area contributed by atoms with Crippen LogP contribution in [0.3, 0.4) is 0 Å². The second kappa shape index (κ2) is 10.3. The number of rotatable bonds is 8. The summed E-state index contributed by atoms with van der Waals surface area (Å²) in [4.78, 5) is 7.05. The van der Waals surface area contributed by atoms with Gasteiger partial charge in [-0.2, -0.15) is 0 Å². The number of hydrogen-bond donors (Lipinski definition) is 2. The highest BCUT2D eigenvalue weighted by Crippen LogP contribution is 2.33. The Morgan fingerprint density at radius 2 is 1.80 bits per heavy atom. The van der Waals surface area contributed by atoms with Crippen molar-refractivity contribution in [1.29, 1.82) is 0 Å². The molecule has 5 rings (SSSR count). The minimum absolute atomic E-state index is 0.172. The average molecular weight is 477 g/mol.